The Bertz CT molecular complexity index is 488. The highest BCUT2D eigenvalue weighted by Crippen LogP contribution is 2.40. The molecule has 0 fully saturated rings. The van der Waals surface area contributed by atoms with Crippen LogP contribution in [-0.4, -0.2) is 23.7 Å². The molecule has 0 saturated heterocycles. The monoisotopic (exact) mass is 298 g/mol. The summed E-state index contributed by atoms with van der Waals surface area (Å²) in [6.45, 7) is 5.62. The number of hydrogen-bond donors (Lipinski definition) is 1. The summed E-state index contributed by atoms with van der Waals surface area (Å²) in [5, 5.41) is 0.691. The van der Waals surface area contributed by atoms with Gasteiger partial charge in [0.05, 0.1) is 23.8 Å². The Labute approximate surface area is 124 Å². The van der Waals surface area contributed by atoms with Gasteiger partial charge in [-0.2, -0.15) is 0 Å². The molecule has 0 atom stereocenters. The van der Waals surface area contributed by atoms with Crippen LogP contribution in [0.4, 0.5) is 5.69 Å². The number of rotatable bonds is 4. The standard InChI is InChI=1S/C14H19ClN2OS/c1-3-14(4-2)9-17(8-13(16)19)11-7-10(15)5-6-12(11)18-14/h5-7H,3-4,8-9H2,1-2H3,(H2,16,19). The summed E-state index contributed by atoms with van der Waals surface area (Å²) >= 11 is 11.1. The van der Waals surface area contributed by atoms with Crippen molar-refractivity contribution in [3.05, 3.63) is 23.2 Å². The molecule has 1 aliphatic rings. The van der Waals surface area contributed by atoms with E-state index >= 15 is 0 Å². The van der Waals surface area contributed by atoms with E-state index in [1.807, 2.05) is 18.2 Å². The quantitative estimate of drug-likeness (QED) is 0.865. The summed E-state index contributed by atoms with van der Waals surface area (Å²) in [4.78, 5) is 2.65. The average Bonchev–Trinajstić information content (AvgIpc) is 2.38. The lowest BCUT2D eigenvalue weighted by Gasteiger charge is -2.44. The fraction of sp³-hybridized carbons (Fsp3) is 0.500. The van der Waals surface area contributed by atoms with Gasteiger partial charge in [-0.25, -0.2) is 0 Å². The summed E-state index contributed by atoms with van der Waals surface area (Å²) in [5.41, 5.74) is 6.50. The normalized spacial score (nSPS) is 16.7. The maximum atomic E-state index is 6.20. The van der Waals surface area contributed by atoms with Crippen LogP contribution in [0.2, 0.25) is 5.02 Å². The van der Waals surface area contributed by atoms with Gasteiger partial charge in [-0.15, -0.1) is 0 Å². The fourth-order valence-electron chi connectivity index (χ4n) is 2.47. The zero-order valence-corrected chi connectivity index (χ0v) is 12.9. The first-order valence-corrected chi connectivity index (χ1v) is 7.30. The molecule has 1 aromatic carbocycles. The Balaban J connectivity index is 2.42. The van der Waals surface area contributed by atoms with Crippen LogP contribution < -0.4 is 15.4 Å². The minimum absolute atomic E-state index is 0.175. The van der Waals surface area contributed by atoms with Gasteiger partial charge in [0.2, 0.25) is 0 Å². The molecule has 19 heavy (non-hydrogen) atoms. The first-order valence-electron chi connectivity index (χ1n) is 6.51. The van der Waals surface area contributed by atoms with Crippen molar-refractivity contribution < 1.29 is 4.74 Å². The smallest absolute Gasteiger partial charge is 0.143 e. The number of halogens is 1. The van der Waals surface area contributed by atoms with Crippen LogP contribution in [0, 0.1) is 0 Å². The molecule has 0 saturated carbocycles. The van der Waals surface area contributed by atoms with E-state index < -0.39 is 0 Å². The average molecular weight is 299 g/mol. The minimum Gasteiger partial charge on any atom is -0.483 e. The van der Waals surface area contributed by atoms with Crippen molar-refractivity contribution in [2.75, 3.05) is 18.0 Å². The predicted octanol–water partition coefficient (Wildman–Crippen LogP) is 3.38. The van der Waals surface area contributed by atoms with Crippen molar-refractivity contribution >= 4 is 34.5 Å². The van der Waals surface area contributed by atoms with Crippen molar-refractivity contribution in [1.29, 1.82) is 0 Å². The Morgan fingerprint density at radius 1 is 1.47 bits per heavy atom. The van der Waals surface area contributed by atoms with Gasteiger partial charge in [0.1, 0.15) is 11.4 Å². The summed E-state index contributed by atoms with van der Waals surface area (Å²) in [6.07, 6.45) is 1.89. The molecule has 0 spiro atoms. The second kappa shape index (κ2) is 5.55. The van der Waals surface area contributed by atoms with Crippen molar-refractivity contribution in [3.8, 4) is 5.75 Å². The van der Waals surface area contributed by atoms with E-state index in [0.29, 0.717) is 16.6 Å². The van der Waals surface area contributed by atoms with E-state index in [0.717, 1.165) is 30.8 Å². The third kappa shape index (κ3) is 2.95. The number of hydrogen-bond acceptors (Lipinski definition) is 3. The Morgan fingerprint density at radius 3 is 2.74 bits per heavy atom. The Kier molecular flexibility index (Phi) is 4.21. The van der Waals surface area contributed by atoms with Gasteiger partial charge >= 0.3 is 0 Å². The van der Waals surface area contributed by atoms with Gasteiger partial charge < -0.3 is 15.4 Å². The van der Waals surface area contributed by atoms with Crippen molar-refractivity contribution in [2.24, 2.45) is 5.73 Å². The molecule has 3 nitrogen and oxygen atoms in total. The molecule has 1 heterocycles. The second-order valence-electron chi connectivity index (χ2n) is 4.93. The molecule has 0 bridgehead atoms. The van der Waals surface area contributed by atoms with Crippen molar-refractivity contribution in [2.45, 2.75) is 32.3 Å². The first-order chi connectivity index (χ1) is 8.99. The summed E-state index contributed by atoms with van der Waals surface area (Å²) in [5.74, 6) is 0.857. The number of anilines is 1. The Hall–Kier alpha value is -1.00. The lowest BCUT2D eigenvalue weighted by atomic mass is 9.94. The van der Waals surface area contributed by atoms with Gasteiger partial charge in [0, 0.05) is 5.02 Å². The van der Waals surface area contributed by atoms with Crippen LogP contribution >= 0.6 is 23.8 Å². The van der Waals surface area contributed by atoms with Crippen LogP contribution in [0.5, 0.6) is 5.75 Å². The fourth-order valence-corrected chi connectivity index (χ4v) is 2.79. The number of nitrogens with zero attached hydrogens (tertiary/aromatic N) is 1. The predicted molar refractivity (Wildman–Crippen MR) is 84.4 cm³/mol. The van der Waals surface area contributed by atoms with Crippen LogP contribution in [0.3, 0.4) is 0 Å². The number of nitrogens with two attached hydrogens (primary N) is 1. The third-order valence-corrected chi connectivity index (χ3v) is 4.07. The van der Waals surface area contributed by atoms with Crippen LogP contribution in [0.15, 0.2) is 18.2 Å². The van der Waals surface area contributed by atoms with Gasteiger partial charge in [0.25, 0.3) is 0 Å². The highest BCUT2D eigenvalue weighted by molar-refractivity contribution is 7.80. The van der Waals surface area contributed by atoms with Gasteiger partial charge in [-0.3, -0.25) is 0 Å². The third-order valence-electron chi connectivity index (χ3n) is 3.70. The number of ether oxygens (including phenoxy) is 1. The van der Waals surface area contributed by atoms with E-state index in [-0.39, 0.29) is 5.60 Å². The van der Waals surface area contributed by atoms with E-state index in [9.17, 15) is 0 Å². The molecule has 0 radical (unpaired) electrons. The topological polar surface area (TPSA) is 38.5 Å². The maximum Gasteiger partial charge on any atom is 0.143 e. The van der Waals surface area contributed by atoms with Crippen molar-refractivity contribution in [3.63, 3.8) is 0 Å². The molecule has 1 aliphatic heterocycles. The van der Waals surface area contributed by atoms with E-state index in [2.05, 4.69) is 18.7 Å². The molecule has 0 amide bonds. The lowest BCUT2D eigenvalue weighted by molar-refractivity contribution is 0.0585. The van der Waals surface area contributed by atoms with Gasteiger partial charge in [-0.05, 0) is 31.0 Å². The van der Waals surface area contributed by atoms with Crippen LogP contribution in [0.25, 0.3) is 0 Å². The molecule has 0 aliphatic carbocycles. The number of benzene rings is 1. The molecule has 0 aromatic heterocycles. The summed E-state index contributed by atoms with van der Waals surface area (Å²) < 4.78 is 6.20. The molecule has 1 aromatic rings. The summed E-state index contributed by atoms with van der Waals surface area (Å²) in [7, 11) is 0. The molecular weight excluding hydrogens is 280 g/mol. The zero-order valence-electron chi connectivity index (χ0n) is 11.3. The largest absolute Gasteiger partial charge is 0.483 e. The molecule has 2 N–H and O–H groups in total. The van der Waals surface area contributed by atoms with E-state index in [1.54, 1.807) is 0 Å². The van der Waals surface area contributed by atoms with E-state index in [4.69, 9.17) is 34.3 Å². The van der Waals surface area contributed by atoms with Crippen LogP contribution in [-0.2, 0) is 0 Å². The first kappa shape index (κ1) is 14.4. The maximum absolute atomic E-state index is 6.20. The van der Waals surface area contributed by atoms with Gasteiger partial charge in [-0.1, -0.05) is 37.7 Å². The summed E-state index contributed by atoms with van der Waals surface area (Å²) in [6, 6.07) is 5.68. The highest BCUT2D eigenvalue weighted by Gasteiger charge is 2.37. The zero-order chi connectivity index (χ0) is 14.0. The second-order valence-corrected chi connectivity index (χ2v) is 5.89. The molecule has 0 unspecified atom stereocenters. The SMILES string of the molecule is CCC1(CC)CN(CC(N)=S)c2cc(Cl)ccc2O1. The minimum atomic E-state index is -0.175. The van der Waals surface area contributed by atoms with Gasteiger partial charge in [0.15, 0.2) is 0 Å². The molecular formula is C14H19ClN2OS. The van der Waals surface area contributed by atoms with E-state index in [1.165, 1.54) is 0 Å². The lowest BCUT2D eigenvalue weighted by Crippen LogP contribution is -2.52. The molecule has 2 rings (SSSR count). The highest BCUT2D eigenvalue weighted by atomic mass is 35.5. The molecule has 104 valence electrons. The molecule has 5 heteroatoms. The van der Waals surface area contributed by atoms with Crippen molar-refractivity contribution in [1.82, 2.24) is 0 Å². The number of fused-ring (bicyclic) bond motifs is 1. The Morgan fingerprint density at radius 2 is 2.16 bits per heavy atom. The number of thiocarbonyl (C=S) groups is 1. The van der Waals surface area contributed by atoms with Crippen LogP contribution in [0.1, 0.15) is 26.7 Å².